The molecule has 0 saturated carbocycles. The number of aromatic nitrogens is 3. The van der Waals surface area contributed by atoms with Crippen molar-refractivity contribution in [3.05, 3.63) is 39.6 Å². The van der Waals surface area contributed by atoms with Crippen molar-refractivity contribution in [2.45, 2.75) is 6.92 Å². The number of rotatable bonds is 2. The zero-order valence-corrected chi connectivity index (χ0v) is 11.2. The Labute approximate surface area is 112 Å². The summed E-state index contributed by atoms with van der Waals surface area (Å²) in [4.78, 5) is 15.9. The summed E-state index contributed by atoms with van der Waals surface area (Å²) in [7, 11) is 1.62. The van der Waals surface area contributed by atoms with E-state index >= 15 is 0 Å². The molecule has 6 heteroatoms. The van der Waals surface area contributed by atoms with E-state index in [1.807, 2.05) is 31.2 Å². The Bertz CT molecular complexity index is 790. The van der Waals surface area contributed by atoms with Crippen LogP contribution in [0.25, 0.3) is 21.5 Å². The molecule has 0 fully saturated rings. The third-order valence-electron chi connectivity index (χ3n) is 2.80. The predicted octanol–water partition coefficient (Wildman–Crippen LogP) is 2.36. The van der Waals surface area contributed by atoms with Crippen LogP contribution in [0.2, 0.25) is 0 Å². The molecular weight excluding hydrogens is 262 g/mol. The van der Waals surface area contributed by atoms with Crippen molar-refractivity contribution in [1.29, 1.82) is 0 Å². The number of nitrogens with zero attached hydrogens (tertiary/aromatic N) is 2. The number of thiazole rings is 1. The third-order valence-corrected chi connectivity index (χ3v) is 3.77. The lowest BCUT2D eigenvalue weighted by Gasteiger charge is -2.03. The SMILES string of the molecule is COc1ccc(-c2n[nH]c(=O)c3nc(C)sc23)cc1. The average molecular weight is 273 g/mol. The van der Waals surface area contributed by atoms with E-state index in [1.54, 1.807) is 7.11 Å². The molecule has 1 aromatic carbocycles. The van der Waals surface area contributed by atoms with Crippen LogP contribution in [0.4, 0.5) is 0 Å². The Morgan fingerprint density at radius 1 is 1.26 bits per heavy atom. The first kappa shape index (κ1) is 11.9. The standard InChI is InChI=1S/C13H11N3O2S/c1-7-14-11-12(19-7)10(15-16-13(11)17)8-3-5-9(18-2)6-4-8/h3-6H,1-2H3,(H,16,17). The molecule has 3 rings (SSSR count). The monoisotopic (exact) mass is 273 g/mol. The van der Waals surface area contributed by atoms with Gasteiger partial charge < -0.3 is 4.74 Å². The molecule has 0 aliphatic rings. The molecule has 5 nitrogen and oxygen atoms in total. The summed E-state index contributed by atoms with van der Waals surface area (Å²) < 4.78 is 5.94. The van der Waals surface area contributed by atoms with E-state index in [9.17, 15) is 4.79 Å². The number of benzene rings is 1. The molecule has 2 heterocycles. The van der Waals surface area contributed by atoms with Crippen molar-refractivity contribution < 1.29 is 4.74 Å². The average Bonchev–Trinajstić information content (AvgIpc) is 2.82. The van der Waals surface area contributed by atoms with Crippen molar-refractivity contribution in [3.63, 3.8) is 0 Å². The number of hydrogen-bond donors (Lipinski definition) is 1. The van der Waals surface area contributed by atoms with Crippen molar-refractivity contribution in [2.24, 2.45) is 0 Å². The molecule has 0 atom stereocenters. The molecule has 0 amide bonds. The Kier molecular flexibility index (Phi) is 2.79. The van der Waals surface area contributed by atoms with Crippen molar-refractivity contribution in [1.82, 2.24) is 15.2 Å². The molecule has 0 radical (unpaired) electrons. The van der Waals surface area contributed by atoms with Gasteiger partial charge in [-0.25, -0.2) is 10.1 Å². The summed E-state index contributed by atoms with van der Waals surface area (Å²) in [5.41, 5.74) is 1.86. The van der Waals surface area contributed by atoms with Crippen LogP contribution < -0.4 is 10.3 Å². The quantitative estimate of drug-likeness (QED) is 0.778. The normalized spacial score (nSPS) is 10.8. The second-order valence-corrected chi connectivity index (χ2v) is 5.24. The Balaban J connectivity index is 2.24. The lowest BCUT2D eigenvalue weighted by Crippen LogP contribution is -2.09. The molecule has 0 aliphatic heterocycles. The highest BCUT2D eigenvalue weighted by Crippen LogP contribution is 2.29. The summed E-state index contributed by atoms with van der Waals surface area (Å²) in [6.45, 7) is 1.88. The summed E-state index contributed by atoms with van der Waals surface area (Å²) >= 11 is 1.47. The van der Waals surface area contributed by atoms with Gasteiger partial charge >= 0.3 is 0 Å². The minimum Gasteiger partial charge on any atom is -0.497 e. The molecule has 2 aromatic heterocycles. The molecule has 0 saturated heterocycles. The van der Waals surface area contributed by atoms with Gasteiger partial charge in [0.15, 0.2) is 5.52 Å². The van der Waals surface area contributed by atoms with Crippen LogP contribution in [-0.2, 0) is 0 Å². The fourth-order valence-corrected chi connectivity index (χ4v) is 2.82. The molecule has 3 aromatic rings. The van der Waals surface area contributed by atoms with Crippen LogP contribution in [0.3, 0.4) is 0 Å². The lowest BCUT2D eigenvalue weighted by molar-refractivity contribution is 0.415. The van der Waals surface area contributed by atoms with E-state index in [-0.39, 0.29) is 5.56 Å². The largest absolute Gasteiger partial charge is 0.497 e. The number of hydrogen-bond acceptors (Lipinski definition) is 5. The highest BCUT2D eigenvalue weighted by atomic mass is 32.1. The zero-order valence-electron chi connectivity index (χ0n) is 10.4. The molecule has 1 N–H and O–H groups in total. The van der Waals surface area contributed by atoms with Crippen molar-refractivity contribution in [3.8, 4) is 17.0 Å². The highest BCUT2D eigenvalue weighted by molar-refractivity contribution is 7.19. The summed E-state index contributed by atoms with van der Waals surface area (Å²) in [5, 5.41) is 7.48. The maximum Gasteiger partial charge on any atom is 0.291 e. The highest BCUT2D eigenvalue weighted by Gasteiger charge is 2.12. The fourth-order valence-electron chi connectivity index (χ4n) is 1.90. The third kappa shape index (κ3) is 2.00. The van der Waals surface area contributed by atoms with E-state index in [0.717, 1.165) is 26.7 Å². The number of nitrogens with one attached hydrogen (secondary N) is 1. The predicted molar refractivity (Wildman–Crippen MR) is 74.8 cm³/mol. The van der Waals surface area contributed by atoms with Crippen LogP contribution in [-0.4, -0.2) is 22.3 Å². The maximum absolute atomic E-state index is 11.7. The van der Waals surface area contributed by atoms with Gasteiger partial charge in [0, 0.05) is 5.56 Å². The molecule has 96 valence electrons. The second-order valence-electron chi connectivity index (χ2n) is 4.04. The Hall–Kier alpha value is -2.21. The number of aryl methyl sites for hydroxylation is 1. The van der Waals surface area contributed by atoms with Crippen molar-refractivity contribution in [2.75, 3.05) is 7.11 Å². The smallest absolute Gasteiger partial charge is 0.291 e. The molecule has 0 spiro atoms. The van der Waals surface area contributed by atoms with Gasteiger partial charge in [-0.3, -0.25) is 4.79 Å². The Morgan fingerprint density at radius 3 is 2.68 bits per heavy atom. The van der Waals surface area contributed by atoms with Crippen LogP contribution in [0, 0.1) is 6.92 Å². The van der Waals surface area contributed by atoms with E-state index in [4.69, 9.17) is 4.74 Å². The van der Waals surface area contributed by atoms with Gasteiger partial charge in [-0.1, -0.05) is 0 Å². The fraction of sp³-hybridized carbons (Fsp3) is 0.154. The number of aromatic amines is 1. The first-order chi connectivity index (χ1) is 9.19. The van der Waals surface area contributed by atoms with Gasteiger partial charge in [0.25, 0.3) is 5.56 Å². The number of methoxy groups -OCH3 is 1. The molecule has 0 bridgehead atoms. The van der Waals surface area contributed by atoms with Crippen LogP contribution in [0.1, 0.15) is 5.01 Å². The van der Waals surface area contributed by atoms with E-state index in [1.165, 1.54) is 11.3 Å². The van der Waals surface area contributed by atoms with E-state index < -0.39 is 0 Å². The summed E-state index contributed by atoms with van der Waals surface area (Å²) in [5.74, 6) is 0.782. The molecule has 19 heavy (non-hydrogen) atoms. The van der Waals surface area contributed by atoms with E-state index in [2.05, 4.69) is 15.2 Å². The maximum atomic E-state index is 11.7. The van der Waals surface area contributed by atoms with E-state index in [0.29, 0.717) is 5.52 Å². The zero-order chi connectivity index (χ0) is 13.4. The van der Waals surface area contributed by atoms with Gasteiger partial charge in [-0.05, 0) is 31.2 Å². The molecule has 0 unspecified atom stereocenters. The van der Waals surface area contributed by atoms with Gasteiger partial charge in [-0.15, -0.1) is 11.3 Å². The second kappa shape index (κ2) is 4.47. The lowest BCUT2D eigenvalue weighted by atomic mass is 10.1. The first-order valence-electron chi connectivity index (χ1n) is 5.69. The van der Waals surface area contributed by atoms with Gasteiger partial charge in [0.2, 0.25) is 0 Å². The number of H-pyrrole nitrogens is 1. The summed E-state index contributed by atoms with van der Waals surface area (Å²) in [6, 6.07) is 7.55. The van der Waals surface area contributed by atoms with Gasteiger partial charge in [0.05, 0.1) is 16.8 Å². The number of ether oxygens (including phenoxy) is 1. The summed E-state index contributed by atoms with van der Waals surface area (Å²) in [6.07, 6.45) is 0. The first-order valence-corrected chi connectivity index (χ1v) is 6.51. The molecule has 0 aliphatic carbocycles. The minimum atomic E-state index is -0.253. The number of fused-ring (bicyclic) bond motifs is 1. The minimum absolute atomic E-state index is 0.253. The topological polar surface area (TPSA) is 67.9 Å². The van der Waals surface area contributed by atoms with Gasteiger partial charge in [-0.2, -0.15) is 5.10 Å². The Morgan fingerprint density at radius 2 is 2.00 bits per heavy atom. The van der Waals surface area contributed by atoms with Crippen LogP contribution >= 0.6 is 11.3 Å². The van der Waals surface area contributed by atoms with Crippen LogP contribution in [0.5, 0.6) is 5.75 Å². The molecular formula is C13H11N3O2S. The van der Waals surface area contributed by atoms with Crippen LogP contribution in [0.15, 0.2) is 29.1 Å². The van der Waals surface area contributed by atoms with Gasteiger partial charge in [0.1, 0.15) is 11.4 Å². The van der Waals surface area contributed by atoms with Crippen molar-refractivity contribution >= 4 is 21.6 Å².